The lowest BCUT2D eigenvalue weighted by molar-refractivity contribution is -0.384. The molecule has 3 rings (SSSR count). The van der Waals surface area contributed by atoms with E-state index in [-0.39, 0.29) is 17.2 Å². The van der Waals surface area contributed by atoms with Crippen molar-refractivity contribution in [2.45, 2.75) is 19.8 Å². The van der Waals surface area contributed by atoms with Crippen LogP contribution in [0.4, 0.5) is 17.1 Å². The van der Waals surface area contributed by atoms with Crippen LogP contribution < -0.4 is 10.2 Å². The summed E-state index contributed by atoms with van der Waals surface area (Å²) in [6.07, 6.45) is 2.43. The number of aryl methyl sites for hydroxylation is 1. The molecular weight excluding hydrogens is 306 g/mol. The third kappa shape index (κ3) is 3.37. The van der Waals surface area contributed by atoms with Gasteiger partial charge in [-0.05, 0) is 49.6 Å². The highest BCUT2D eigenvalue weighted by molar-refractivity contribution is 6.05. The molecule has 1 amide bonds. The molecule has 6 heteroatoms. The van der Waals surface area contributed by atoms with E-state index in [4.69, 9.17) is 0 Å². The number of hydrogen-bond donors (Lipinski definition) is 1. The second kappa shape index (κ2) is 6.70. The predicted octanol–water partition coefficient (Wildman–Crippen LogP) is 3.76. The third-order valence-electron chi connectivity index (χ3n) is 4.25. The van der Waals surface area contributed by atoms with Gasteiger partial charge in [0.1, 0.15) is 0 Å². The number of hydrogen-bond acceptors (Lipinski definition) is 4. The van der Waals surface area contributed by atoms with Crippen LogP contribution in [0.5, 0.6) is 0 Å². The topological polar surface area (TPSA) is 75.5 Å². The lowest BCUT2D eigenvalue weighted by atomic mass is 10.1. The Morgan fingerprint density at radius 1 is 1.17 bits per heavy atom. The minimum Gasteiger partial charge on any atom is -0.372 e. The maximum absolute atomic E-state index is 12.3. The van der Waals surface area contributed by atoms with Crippen LogP contribution in [0.15, 0.2) is 42.5 Å². The number of nitro groups is 1. The Morgan fingerprint density at radius 3 is 2.58 bits per heavy atom. The fourth-order valence-electron chi connectivity index (χ4n) is 2.92. The van der Waals surface area contributed by atoms with Gasteiger partial charge in [0, 0.05) is 42.2 Å². The quantitative estimate of drug-likeness (QED) is 0.686. The Balaban J connectivity index is 1.76. The normalized spacial score (nSPS) is 13.8. The average Bonchev–Trinajstić information content (AvgIpc) is 3.11. The predicted molar refractivity (Wildman–Crippen MR) is 93.7 cm³/mol. The van der Waals surface area contributed by atoms with Gasteiger partial charge in [0.2, 0.25) is 0 Å². The number of amides is 1. The lowest BCUT2D eigenvalue weighted by Gasteiger charge is -2.19. The highest BCUT2D eigenvalue weighted by Crippen LogP contribution is 2.26. The van der Waals surface area contributed by atoms with Crippen LogP contribution >= 0.6 is 0 Å². The molecule has 1 heterocycles. The van der Waals surface area contributed by atoms with E-state index in [1.54, 1.807) is 6.07 Å². The van der Waals surface area contributed by atoms with Crippen LogP contribution in [0.3, 0.4) is 0 Å². The highest BCUT2D eigenvalue weighted by atomic mass is 16.6. The summed E-state index contributed by atoms with van der Waals surface area (Å²) in [5.41, 5.74) is 3.03. The first kappa shape index (κ1) is 16.0. The summed E-state index contributed by atoms with van der Waals surface area (Å²) in [5.74, 6) is -0.351. The van der Waals surface area contributed by atoms with Gasteiger partial charge < -0.3 is 10.2 Å². The van der Waals surface area contributed by atoms with Gasteiger partial charge in [0.05, 0.1) is 4.92 Å². The van der Waals surface area contributed by atoms with Crippen LogP contribution in [-0.4, -0.2) is 23.9 Å². The Kier molecular flexibility index (Phi) is 4.46. The second-order valence-electron chi connectivity index (χ2n) is 5.95. The van der Waals surface area contributed by atoms with E-state index in [2.05, 4.69) is 16.3 Å². The van der Waals surface area contributed by atoms with E-state index in [1.807, 2.05) is 19.1 Å². The Morgan fingerprint density at radius 2 is 1.92 bits per heavy atom. The van der Waals surface area contributed by atoms with Crippen molar-refractivity contribution in [1.29, 1.82) is 0 Å². The number of benzene rings is 2. The zero-order valence-electron chi connectivity index (χ0n) is 13.5. The average molecular weight is 325 g/mol. The number of rotatable bonds is 4. The molecule has 2 aromatic carbocycles. The van der Waals surface area contributed by atoms with E-state index in [0.717, 1.165) is 24.3 Å². The smallest absolute Gasteiger partial charge is 0.270 e. The molecule has 1 aliphatic heterocycles. The molecule has 1 fully saturated rings. The molecule has 0 unspecified atom stereocenters. The number of nitro benzene ring substituents is 1. The molecule has 6 nitrogen and oxygen atoms in total. The summed E-state index contributed by atoms with van der Waals surface area (Å²) < 4.78 is 0. The number of carbonyl (C=O) groups excluding carboxylic acids is 1. The van der Waals surface area contributed by atoms with Crippen LogP contribution in [0.1, 0.15) is 28.8 Å². The zero-order valence-corrected chi connectivity index (χ0v) is 13.5. The van der Waals surface area contributed by atoms with Crippen molar-refractivity contribution >= 4 is 23.0 Å². The van der Waals surface area contributed by atoms with Crippen LogP contribution in [-0.2, 0) is 0 Å². The maximum Gasteiger partial charge on any atom is 0.270 e. The Bertz CT molecular complexity index is 783. The molecule has 0 saturated carbocycles. The van der Waals surface area contributed by atoms with Crippen molar-refractivity contribution in [3.05, 3.63) is 63.7 Å². The highest BCUT2D eigenvalue weighted by Gasteiger charge is 2.15. The summed E-state index contributed by atoms with van der Waals surface area (Å²) >= 11 is 0. The molecule has 0 spiro atoms. The molecule has 0 aromatic heterocycles. The van der Waals surface area contributed by atoms with Crippen molar-refractivity contribution in [3.8, 4) is 0 Å². The molecule has 1 aliphatic rings. The van der Waals surface area contributed by atoms with E-state index in [0.29, 0.717) is 0 Å². The van der Waals surface area contributed by atoms with E-state index in [9.17, 15) is 14.9 Å². The van der Waals surface area contributed by atoms with Gasteiger partial charge >= 0.3 is 0 Å². The van der Waals surface area contributed by atoms with E-state index >= 15 is 0 Å². The SMILES string of the molecule is Cc1cc(N2CCCC2)ccc1NC(=O)c1cccc([N+](=O)[O-])c1. The van der Waals surface area contributed by atoms with Crippen molar-refractivity contribution in [2.75, 3.05) is 23.3 Å². The standard InChI is InChI=1S/C18H19N3O3/c1-13-11-15(20-9-2-3-10-20)7-8-17(13)19-18(22)14-5-4-6-16(12-14)21(23)24/h4-8,11-12H,2-3,9-10H2,1H3,(H,19,22). The molecule has 0 atom stereocenters. The minimum absolute atomic E-state index is 0.0937. The van der Waals surface area contributed by atoms with Gasteiger partial charge in [-0.15, -0.1) is 0 Å². The van der Waals surface area contributed by atoms with Gasteiger partial charge in [0.15, 0.2) is 0 Å². The molecule has 0 radical (unpaired) electrons. The fraction of sp³-hybridized carbons (Fsp3) is 0.278. The first-order valence-electron chi connectivity index (χ1n) is 7.96. The molecular formula is C18H19N3O3. The first-order chi connectivity index (χ1) is 11.5. The maximum atomic E-state index is 12.3. The first-order valence-corrected chi connectivity index (χ1v) is 7.96. The summed E-state index contributed by atoms with van der Waals surface area (Å²) in [5, 5.41) is 13.7. The van der Waals surface area contributed by atoms with Gasteiger partial charge in [0.25, 0.3) is 11.6 Å². The molecule has 0 bridgehead atoms. The number of anilines is 2. The molecule has 1 N–H and O–H groups in total. The minimum atomic E-state index is -0.507. The summed E-state index contributed by atoms with van der Waals surface area (Å²) in [4.78, 5) is 25.0. The van der Waals surface area contributed by atoms with Crippen LogP contribution in [0.25, 0.3) is 0 Å². The second-order valence-corrected chi connectivity index (χ2v) is 5.95. The summed E-state index contributed by atoms with van der Waals surface area (Å²) in [6.45, 7) is 4.08. The van der Waals surface area contributed by atoms with Gasteiger partial charge in [-0.25, -0.2) is 0 Å². The van der Waals surface area contributed by atoms with Crippen molar-refractivity contribution in [3.63, 3.8) is 0 Å². The zero-order chi connectivity index (χ0) is 17.1. The number of non-ortho nitro benzene ring substituents is 1. The Hall–Kier alpha value is -2.89. The lowest BCUT2D eigenvalue weighted by Crippen LogP contribution is -2.18. The van der Waals surface area contributed by atoms with Gasteiger partial charge in [-0.3, -0.25) is 14.9 Å². The molecule has 1 saturated heterocycles. The molecule has 24 heavy (non-hydrogen) atoms. The van der Waals surface area contributed by atoms with Crippen molar-refractivity contribution in [1.82, 2.24) is 0 Å². The summed E-state index contributed by atoms with van der Waals surface area (Å²) in [7, 11) is 0. The van der Waals surface area contributed by atoms with Crippen LogP contribution in [0, 0.1) is 17.0 Å². The van der Waals surface area contributed by atoms with Crippen LogP contribution in [0.2, 0.25) is 0 Å². The van der Waals surface area contributed by atoms with Gasteiger partial charge in [-0.2, -0.15) is 0 Å². The number of nitrogens with zero attached hydrogens (tertiary/aromatic N) is 2. The fourth-order valence-corrected chi connectivity index (χ4v) is 2.92. The number of nitrogens with one attached hydrogen (secondary N) is 1. The van der Waals surface area contributed by atoms with Gasteiger partial charge in [-0.1, -0.05) is 6.07 Å². The summed E-state index contributed by atoms with van der Waals surface area (Å²) in [6, 6.07) is 11.7. The van der Waals surface area contributed by atoms with Crippen molar-refractivity contribution < 1.29 is 9.72 Å². The van der Waals surface area contributed by atoms with E-state index in [1.165, 1.54) is 36.7 Å². The van der Waals surface area contributed by atoms with E-state index < -0.39 is 4.92 Å². The Labute approximate surface area is 140 Å². The number of carbonyl (C=O) groups is 1. The van der Waals surface area contributed by atoms with Crippen molar-refractivity contribution in [2.24, 2.45) is 0 Å². The largest absolute Gasteiger partial charge is 0.372 e. The molecule has 0 aliphatic carbocycles. The third-order valence-corrected chi connectivity index (χ3v) is 4.25. The molecule has 124 valence electrons. The molecule has 2 aromatic rings. The monoisotopic (exact) mass is 325 g/mol.